The third kappa shape index (κ3) is 2.75. The molecule has 4 nitrogen and oxygen atoms in total. The van der Waals surface area contributed by atoms with Gasteiger partial charge in [-0.3, -0.25) is 0 Å². The Bertz CT molecular complexity index is 732. The molecule has 23 heavy (non-hydrogen) atoms. The van der Waals surface area contributed by atoms with Crippen molar-refractivity contribution in [1.29, 1.82) is 0 Å². The molecule has 1 saturated carbocycles. The summed E-state index contributed by atoms with van der Waals surface area (Å²) in [5.41, 5.74) is -1.53. The predicted molar refractivity (Wildman–Crippen MR) is 82.3 cm³/mol. The van der Waals surface area contributed by atoms with Crippen LogP contribution in [0.1, 0.15) is 30.9 Å². The molecule has 1 aromatic rings. The third-order valence-corrected chi connectivity index (χ3v) is 4.36. The van der Waals surface area contributed by atoms with Crippen LogP contribution in [0.2, 0.25) is 5.02 Å². The van der Waals surface area contributed by atoms with Crippen molar-refractivity contribution in [1.82, 2.24) is 5.32 Å². The first-order valence-electron chi connectivity index (χ1n) is 7.20. The molecule has 0 saturated heterocycles. The summed E-state index contributed by atoms with van der Waals surface area (Å²) in [4.78, 5) is 11.9. The number of carbonyl (C=O) groups excluding carboxylic acids is 1. The van der Waals surface area contributed by atoms with E-state index in [1.165, 1.54) is 12.1 Å². The van der Waals surface area contributed by atoms with Gasteiger partial charge in [-0.25, -0.2) is 13.6 Å². The number of alkyl halides is 2. The summed E-state index contributed by atoms with van der Waals surface area (Å²) in [5, 5.41) is 14.2. The number of aliphatic hydroxyl groups is 1. The van der Waals surface area contributed by atoms with Crippen LogP contribution in [0, 0.1) is 17.8 Å². The number of carbonyl (C=O) groups is 1. The summed E-state index contributed by atoms with van der Waals surface area (Å²) >= 11 is 6.06. The highest BCUT2D eigenvalue weighted by Crippen LogP contribution is 2.44. The quantitative estimate of drug-likeness (QED) is 0.724. The number of amides is 2. The van der Waals surface area contributed by atoms with E-state index in [2.05, 4.69) is 22.5 Å². The SMILES string of the molecule is CC(F)(F)[C@@]1(C#CC2CC2)NC(=O)Nc2cc(CO)c(Cl)cc21. The highest BCUT2D eigenvalue weighted by molar-refractivity contribution is 6.31. The van der Waals surface area contributed by atoms with E-state index >= 15 is 0 Å². The van der Waals surface area contributed by atoms with Crippen LogP contribution < -0.4 is 10.6 Å². The van der Waals surface area contributed by atoms with Gasteiger partial charge in [-0.15, -0.1) is 0 Å². The van der Waals surface area contributed by atoms with E-state index in [4.69, 9.17) is 11.6 Å². The van der Waals surface area contributed by atoms with Crippen LogP contribution in [0.25, 0.3) is 0 Å². The van der Waals surface area contributed by atoms with E-state index in [0.717, 1.165) is 19.8 Å². The zero-order valence-corrected chi connectivity index (χ0v) is 13.1. The number of halogens is 3. The Morgan fingerprint density at radius 1 is 1.48 bits per heavy atom. The van der Waals surface area contributed by atoms with Crippen molar-refractivity contribution in [3.8, 4) is 11.8 Å². The smallest absolute Gasteiger partial charge is 0.320 e. The molecule has 1 aromatic carbocycles. The van der Waals surface area contributed by atoms with E-state index in [1.54, 1.807) is 0 Å². The van der Waals surface area contributed by atoms with Gasteiger partial charge in [-0.2, -0.15) is 0 Å². The van der Waals surface area contributed by atoms with Crippen LogP contribution in [0.3, 0.4) is 0 Å². The number of urea groups is 1. The van der Waals surface area contributed by atoms with Gasteiger partial charge >= 0.3 is 6.03 Å². The largest absolute Gasteiger partial charge is 0.392 e. The second-order valence-electron chi connectivity index (χ2n) is 5.91. The minimum absolute atomic E-state index is 0.0941. The van der Waals surface area contributed by atoms with Gasteiger partial charge in [0, 0.05) is 29.1 Å². The molecule has 0 spiro atoms. The van der Waals surface area contributed by atoms with Crippen LogP contribution in [-0.2, 0) is 12.1 Å². The lowest BCUT2D eigenvalue weighted by atomic mass is 9.81. The standard InChI is InChI=1S/C16H15ClF2N2O2/c1-15(18,19)16(5-4-9-2-3-9)11-7-12(17)10(8-22)6-13(11)20-14(23)21-16/h6-7,9,22H,2-3,8H2,1H3,(H2,20,21,23)/t16-/m0/s1. The van der Waals surface area contributed by atoms with Crippen molar-refractivity contribution in [2.45, 2.75) is 37.8 Å². The van der Waals surface area contributed by atoms with Crippen molar-refractivity contribution in [2.24, 2.45) is 5.92 Å². The van der Waals surface area contributed by atoms with E-state index in [1.807, 2.05) is 0 Å². The second kappa shape index (κ2) is 5.36. The zero-order chi connectivity index (χ0) is 16.8. The molecule has 122 valence electrons. The molecule has 7 heteroatoms. The summed E-state index contributed by atoms with van der Waals surface area (Å²) in [7, 11) is 0. The minimum atomic E-state index is -3.33. The number of benzene rings is 1. The summed E-state index contributed by atoms with van der Waals surface area (Å²) < 4.78 is 28.9. The van der Waals surface area contributed by atoms with Crippen LogP contribution >= 0.6 is 11.6 Å². The summed E-state index contributed by atoms with van der Waals surface area (Å²) in [6, 6.07) is 1.96. The van der Waals surface area contributed by atoms with Crippen LogP contribution in [0.5, 0.6) is 0 Å². The second-order valence-corrected chi connectivity index (χ2v) is 6.32. The first-order chi connectivity index (χ1) is 10.8. The fraction of sp³-hybridized carbons (Fsp3) is 0.438. The minimum Gasteiger partial charge on any atom is -0.392 e. The molecule has 1 aliphatic carbocycles. The topological polar surface area (TPSA) is 61.4 Å². The normalized spacial score (nSPS) is 23.3. The molecular weight excluding hydrogens is 326 g/mol. The fourth-order valence-corrected chi connectivity index (χ4v) is 2.76. The van der Waals surface area contributed by atoms with Gasteiger partial charge in [0.25, 0.3) is 5.92 Å². The molecule has 3 rings (SSSR count). The van der Waals surface area contributed by atoms with Gasteiger partial charge in [0.15, 0.2) is 5.54 Å². The highest BCUT2D eigenvalue weighted by atomic mass is 35.5. The van der Waals surface area contributed by atoms with E-state index in [0.29, 0.717) is 5.56 Å². The lowest BCUT2D eigenvalue weighted by Crippen LogP contribution is -2.59. The van der Waals surface area contributed by atoms with E-state index in [9.17, 15) is 18.7 Å². The molecular formula is C16H15ClF2N2O2. The zero-order valence-electron chi connectivity index (χ0n) is 12.3. The van der Waals surface area contributed by atoms with Crippen LogP contribution in [-0.4, -0.2) is 17.1 Å². The van der Waals surface area contributed by atoms with Gasteiger partial charge in [0.1, 0.15) is 0 Å². The number of fused-ring (bicyclic) bond motifs is 1. The number of aliphatic hydroxyl groups excluding tert-OH is 1. The van der Waals surface area contributed by atoms with Crippen molar-refractivity contribution < 1.29 is 18.7 Å². The number of anilines is 1. The fourth-order valence-electron chi connectivity index (χ4n) is 2.54. The Morgan fingerprint density at radius 3 is 2.74 bits per heavy atom. The molecule has 2 amide bonds. The summed E-state index contributed by atoms with van der Waals surface area (Å²) in [6.45, 7) is 0.358. The van der Waals surface area contributed by atoms with Crippen molar-refractivity contribution in [3.63, 3.8) is 0 Å². The van der Waals surface area contributed by atoms with Gasteiger partial charge in [0.05, 0.1) is 6.61 Å². The Balaban J connectivity index is 2.23. The highest BCUT2D eigenvalue weighted by Gasteiger charge is 2.55. The monoisotopic (exact) mass is 340 g/mol. The van der Waals surface area contributed by atoms with Gasteiger partial charge in [0.2, 0.25) is 0 Å². The summed E-state index contributed by atoms with van der Waals surface area (Å²) in [6.07, 6.45) is 1.75. The average molecular weight is 341 g/mol. The van der Waals surface area contributed by atoms with Crippen molar-refractivity contribution in [2.75, 3.05) is 5.32 Å². The summed E-state index contributed by atoms with van der Waals surface area (Å²) in [5.74, 6) is 2.18. The number of nitrogens with one attached hydrogen (secondary N) is 2. The van der Waals surface area contributed by atoms with Gasteiger partial charge in [-0.05, 0) is 30.5 Å². The van der Waals surface area contributed by atoms with E-state index in [-0.39, 0.29) is 28.8 Å². The van der Waals surface area contributed by atoms with Crippen molar-refractivity contribution in [3.05, 3.63) is 28.3 Å². The number of hydrogen-bond acceptors (Lipinski definition) is 2. The maximum atomic E-state index is 14.5. The molecule has 3 N–H and O–H groups in total. The van der Waals surface area contributed by atoms with Crippen LogP contribution in [0.4, 0.5) is 19.3 Å². The number of hydrogen-bond donors (Lipinski definition) is 3. The Hall–Kier alpha value is -1.84. The molecule has 1 fully saturated rings. The molecule has 0 radical (unpaired) electrons. The maximum Gasteiger partial charge on any atom is 0.320 e. The Morgan fingerprint density at radius 2 is 2.17 bits per heavy atom. The van der Waals surface area contributed by atoms with Gasteiger partial charge in [-0.1, -0.05) is 23.4 Å². The maximum absolute atomic E-state index is 14.5. The van der Waals surface area contributed by atoms with Gasteiger partial charge < -0.3 is 15.7 Å². The Kier molecular flexibility index (Phi) is 3.74. The first-order valence-corrected chi connectivity index (χ1v) is 7.58. The average Bonchev–Trinajstić information content (AvgIpc) is 3.27. The molecule has 0 aromatic heterocycles. The molecule has 1 aliphatic heterocycles. The lowest BCUT2D eigenvalue weighted by Gasteiger charge is -2.40. The number of rotatable bonds is 2. The predicted octanol–water partition coefficient (Wildman–Crippen LogP) is 3.23. The molecule has 1 atom stereocenters. The molecule has 0 unspecified atom stereocenters. The van der Waals surface area contributed by atoms with E-state index < -0.39 is 17.5 Å². The van der Waals surface area contributed by atoms with Crippen LogP contribution in [0.15, 0.2) is 12.1 Å². The molecule has 1 heterocycles. The van der Waals surface area contributed by atoms with Crippen molar-refractivity contribution >= 4 is 23.3 Å². The third-order valence-electron chi connectivity index (χ3n) is 4.01. The molecule has 0 bridgehead atoms. The Labute approximate surface area is 137 Å². The lowest BCUT2D eigenvalue weighted by molar-refractivity contribution is -0.0464. The molecule has 2 aliphatic rings. The first kappa shape index (κ1) is 16.0.